The molecule has 4 rings (SSSR count). The molecule has 0 bridgehead atoms. The first-order valence-electron chi connectivity index (χ1n) is 11.1. The van der Waals surface area contributed by atoms with E-state index in [1.807, 2.05) is 79.8 Å². The molecule has 1 saturated heterocycles. The van der Waals surface area contributed by atoms with Crippen LogP contribution in [0.25, 0.3) is 0 Å². The highest BCUT2D eigenvalue weighted by molar-refractivity contribution is 7.99. The van der Waals surface area contributed by atoms with Crippen molar-refractivity contribution < 1.29 is 9.59 Å². The Morgan fingerprint density at radius 1 is 1.06 bits per heavy atom. The Morgan fingerprint density at radius 3 is 2.61 bits per heavy atom. The van der Waals surface area contributed by atoms with Gasteiger partial charge in [-0.05, 0) is 68.5 Å². The Balaban J connectivity index is 1.42. The Hall–Kier alpha value is -3.13. The summed E-state index contributed by atoms with van der Waals surface area (Å²) in [5, 5.41) is 12.3. The molecule has 2 heterocycles. The zero-order valence-electron chi connectivity index (χ0n) is 19.5. The number of anilines is 1. The van der Waals surface area contributed by atoms with E-state index in [1.165, 1.54) is 17.3 Å². The van der Waals surface area contributed by atoms with Crippen molar-refractivity contribution in [3.8, 4) is 0 Å². The van der Waals surface area contributed by atoms with Crippen LogP contribution in [0.5, 0.6) is 0 Å². The average molecular weight is 464 g/mol. The molecule has 0 aliphatic carbocycles. The summed E-state index contributed by atoms with van der Waals surface area (Å²) in [6, 6.07) is 13.4. The van der Waals surface area contributed by atoms with Crippen molar-refractivity contribution in [3.05, 3.63) is 70.5 Å². The van der Waals surface area contributed by atoms with Crippen molar-refractivity contribution in [3.63, 3.8) is 0 Å². The SMILES string of the molecule is Cc1ccc(NC(=O)CSc2nnc(C3CCCN3C(=O)c3ccccc3C)n2C)cc1C. The molecule has 1 atom stereocenters. The van der Waals surface area contributed by atoms with Gasteiger partial charge in [-0.2, -0.15) is 0 Å². The average Bonchev–Trinajstić information content (AvgIpc) is 3.41. The summed E-state index contributed by atoms with van der Waals surface area (Å²) in [5.41, 5.74) is 4.82. The third-order valence-corrected chi connectivity index (χ3v) is 7.20. The molecule has 33 heavy (non-hydrogen) atoms. The second-order valence-corrected chi connectivity index (χ2v) is 9.45. The molecule has 1 aliphatic rings. The van der Waals surface area contributed by atoms with Crippen LogP contribution in [0.4, 0.5) is 5.69 Å². The van der Waals surface area contributed by atoms with Crippen molar-refractivity contribution in [2.45, 2.75) is 44.8 Å². The number of hydrogen-bond donors (Lipinski definition) is 1. The highest BCUT2D eigenvalue weighted by Crippen LogP contribution is 2.33. The molecule has 0 saturated carbocycles. The standard InChI is InChI=1S/C25H29N5O2S/c1-16-11-12-19(14-18(16)3)26-22(31)15-33-25-28-27-23(29(25)4)21-10-7-13-30(21)24(32)20-9-6-5-8-17(20)2/h5-6,8-9,11-12,14,21H,7,10,13,15H2,1-4H3,(H,26,31). The van der Waals surface area contributed by atoms with E-state index in [4.69, 9.17) is 0 Å². The van der Waals surface area contributed by atoms with Crippen LogP contribution in [0.3, 0.4) is 0 Å². The van der Waals surface area contributed by atoms with Crippen LogP contribution in [-0.4, -0.2) is 43.8 Å². The Morgan fingerprint density at radius 2 is 1.85 bits per heavy atom. The minimum atomic E-state index is -0.117. The monoisotopic (exact) mass is 463 g/mol. The fourth-order valence-electron chi connectivity index (χ4n) is 4.13. The Labute approximate surface area is 198 Å². The van der Waals surface area contributed by atoms with E-state index in [0.717, 1.165) is 41.0 Å². The number of amides is 2. The first-order valence-corrected chi connectivity index (χ1v) is 12.1. The number of carbonyl (C=O) groups excluding carboxylic acids is 2. The Bertz CT molecular complexity index is 1190. The number of thioether (sulfide) groups is 1. The molecule has 2 amide bonds. The van der Waals surface area contributed by atoms with Crippen LogP contribution in [0, 0.1) is 20.8 Å². The molecular formula is C25H29N5O2S. The second-order valence-electron chi connectivity index (χ2n) is 8.51. The van der Waals surface area contributed by atoms with Gasteiger partial charge in [0, 0.05) is 24.8 Å². The first kappa shape index (κ1) is 23.0. The number of likely N-dealkylation sites (tertiary alicyclic amines) is 1. The summed E-state index contributed by atoms with van der Waals surface area (Å²) in [6.07, 6.45) is 1.78. The second kappa shape index (κ2) is 9.79. The minimum absolute atomic E-state index is 0.0283. The number of aryl methyl sites for hydroxylation is 3. The minimum Gasteiger partial charge on any atom is -0.328 e. The van der Waals surface area contributed by atoms with Gasteiger partial charge in [0.2, 0.25) is 5.91 Å². The molecule has 3 aromatic rings. The molecule has 1 fully saturated rings. The molecule has 1 unspecified atom stereocenters. The van der Waals surface area contributed by atoms with Crippen LogP contribution < -0.4 is 5.32 Å². The van der Waals surface area contributed by atoms with Crippen molar-refractivity contribution >= 4 is 29.3 Å². The topological polar surface area (TPSA) is 80.1 Å². The lowest BCUT2D eigenvalue weighted by molar-refractivity contribution is -0.113. The normalized spacial score (nSPS) is 15.6. The van der Waals surface area contributed by atoms with Crippen LogP contribution in [-0.2, 0) is 11.8 Å². The van der Waals surface area contributed by atoms with E-state index in [9.17, 15) is 9.59 Å². The zero-order chi connectivity index (χ0) is 23.5. The maximum Gasteiger partial charge on any atom is 0.254 e. The van der Waals surface area contributed by atoms with E-state index >= 15 is 0 Å². The molecule has 8 heteroatoms. The lowest BCUT2D eigenvalue weighted by Crippen LogP contribution is -2.32. The van der Waals surface area contributed by atoms with Crippen molar-refractivity contribution in [1.29, 1.82) is 0 Å². The molecule has 1 aromatic heterocycles. The maximum atomic E-state index is 13.2. The summed E-state index contributed by atoms with van der Waals surface area (Å²) in [5.74, 6) is 0.923. The third kappa shape index (κ3) is 4.95. The molecule has 172 valence electrons. The largest absolute Gasteiger partial charge is 0.328 e. The van der Waals surface area contributed by atoms with Crippen molar-refractivity contribution in [2.24, 2.45) is 7.05 Å². The third-order valence-electron chi connectivity index (χ3n) is 6.18. The van der Waals surface area contributed by atoms with E-state index in [1.54, 1.807) is 0 Å². The van der Waals surface area contributed by atoms with Crippen LogP contribution in [0.15, 0.2) is 47.6 Å². The van der Waals surface area contributed by atoms with Gasteiger partial charge in [0.1, 0.15) is 0 Å². The number of nitrogens with zero attached hydrogens (tertiary/aromatic N) is 4. The lowest BCUT2D eigenvalue weighted by atomic mass is 10.1. The van der Waals surface area contributed by atoms with E-state index in [-0.39, 0.29) is 23.6 Å². The highest BCUT2D eigenvalue weighted by Gasteiger charge is 2.34. The molecule has 1 aliphatic heterocycles. The smallest absolute Gasteiger partial charge is 0.254 e. The predicted octanol–water partition coefficient (Wildman–Crippen LogP) is 4.45. The number of rotatable bonds is 6. The molecule has 1 N–H and O–H groups in total. The predicted molar refractivity (Wildman–Crippen MR) is 130 cm³/mol. The molecule has 0 spiro atoms. The van der Waals surface area contributed by atoms with Gasteiger partial charge in [0.15, 0.2) is 11.0 Å². The summed E-state index contributed by atoms with van der Waals surface area (Å²) >= 11 is 1.34. The fraction of sp³-hybridized carbons (Fsp3) is 0.360. The van der Waals surface area contributed by atoms with E-state index < -0.39 is 0 Å². The molecule has 2 aromatic carbocycles. The molecule has 7 nitrogen and oxygen atoms in total. The summed E-state index contributed by atoms with van der Waals surface area (Å²) in [6.45, 7) is 6.73. The van der Waals surface area contributed by atoms with Gasteiger partial charge in [-0.25, -0.2) is 0 Å². The van der Waals surface area contributed by atoms with Crippen molar-refractivity contribution in [1.82, 2.24) is 19.7 Å². The van der Waals surface area contributed by atoms with Gasteiger partial charge in [-0.3, -0.25) is 9.59 Å². The van der Waals surface area contributed by atoms with E-state index in [0.29, 0.717) is 11.7 Å². The summed E-state index contributed by atoms with van der Waals surface area (Å²) in [7, 11) is 1.90. The lowest BCUT2D eigenvalue weighted by Gasteiger charge is -2.24. The van der Waals surface area contributed by atoms with Crippen LogP contribution in [0.1, 0.15) is 51.8 Å². The van der Waals surface area contributed by atoms with E-state index in [2.05, 4.69) is 15.5 Å². The summed E-state index contributed by atoms with van der Waals surface area (Å²) < 4.78 is 1.90. The number of hydrogen-bond acceptors (Lipinski definition) is 5. The first-order chi connectivity index (χ1) is 15.8. The van der Waals surface area contributed by atoms with Gasteiger partial charge >= 0.3 is 0 Å². The van der Waals surface area contributed by atoms with Gasteiger partial charge in [0.25, 0.3) is 5.91 Å². The number of nitrogens with one attached hydrogen (secondary N) is 1. The van der Waals surface area contributed by atoms with Crippen LogP contribution >= 0.6 is 11.8 Å². The van der Waals surface area contributed by atoms with Crippen LogP contribution in [0.2, 0.25) is 0 Å². The highest BCUT2D eigenvalue weighted by atomic mass is 32.2. The zero-order valence-corrected chi connectivity index (χ0v) is 20.3. The van der Waals surface area contributed by atoms with Gasteiger partial charge < -0.3 is 14.8 Å². The number of aromatic nitrogens is 3. The number of benzene rings is 2. The van der Waals surface area contributed by atoms with Gasteiger partial charge in [-0.1, -0.05) is 36.0 Å². The Kier molecular flexibility index (Phi) is 6.83. The quantitative estimate of drug-likeness (QED) is 0.547. The van der Waals surface area contributed by atoms with Gasteiger partial charge in [-0.15, -0.1) is 10.2 Å². The fourth-order valence-corrected chi connectivity index (χ4v) is 4.85. The maximum absolute atomic E-state index is 13.2. The number of carbonyl (C=O) groups is 2. The molecular weight excluding hydrogens is 434 g/mol. The van der Waals surface area contributed by atoms with Gasteiger partial charge in [0.05, 0.1) is 11.8 Å². The molecule has 0 radical (unpaired) electrons. The summed E-state index contributed by atoms with van der Waals surface area (Å²) in [4.78, 5) is 27.6. The van der Waals surface area contributed by atoms with Crippen molar-refractivity contribution in [2.75, 3.05) is 17.6 Å².